The van der Waals surface area contributed by atoms with Crippen LogP contribution < -0.4 is 11.2 Å². The number of hydrogen-bond donors (Lipinski definition) is 3. The molecule has 4 aliphatic rings. The Morgan fingerprint density at radius 3 is 1.61 bits per heavy atom. The molecule has 0 unspecified atom stereocenters. The highest BCUT2D eigenvalue weighted by atomic mass is 32.2. The van der Waals surface area contributed by atoms with Crippen LogP contribution in [0.25, 0.3) is 11.1 Å². The number of carbonyl (C=O) groups is 2. The molecule has 0 radical (unpaired) electrons. The Kier molecular flexibility index (Phi) is 10.4. The molecule has 3 fully saturated rings. The van der Waals surface area contributed by atoms with E-state index in [0.29, 0.717) is 23.1 Å². The number of quaternary nitrogens is 2. The van der Waals surface area contributed by atoms with Crippen LogP contribution in [0, 0.1) is 0 Å². The Labute approximate surface area is 258 Å². The zero-order valence-corrected chi connectivity index (χ0v) is 25.0. The predicted octanol–water partition coefficient (Wildman–Crippen LogP) is -0.673. The van der Waals surface area contributed by atoms with Gasteiger partial charge in [-0.05, 0) is 22.7 Å². The van der Waals surface area contributed by atoms with Gasteiger partial charge < -0.3 is 33.9 Å². The molecule has 0 atom stereocenters. The third-order valence-corrected chi connectivity index (χ3v) is 9.06. The number of rotatable bonds is 5. The van der Waals surface area contributed by atoms with Crippen LogP contribution in [-0.4, -0.2) is 121 Å². The number of halogens is 6. The van der Waals surface area contributed by atoms with Gasteiger partial charge in [0.15, 0.2) is 32.6 Å². The van der Waals surface area contributed by atoms with Crippen LogP contribution in [0.15, 0.2) is 36.4 Å². The maximum Gasteiger partial charge on any atom is 0.488 e. The zero-order valence-electron chi connectivity index (χ0n) is 23.4. The first-order valence-electron chi connectivity index (χ1n) is 13.0. The van der Waals surface area contributed by atoms with Gasteiger partial charge in [-0.2, -0.15) is 26.3 Å². The number of primary amides is 1. The Bertz CT molecular complexity index is 1670. The summed E-state index contributed by atoms with van der Waals surface area (Å²) < 4.78 is 120. The molecule has 3 saturated heterocycles. The van der Waals surface area contributed by atoms with Gasteiger partial charge in [-0.1, -0.05) is 30.3 Å². The molecule has 0 aromatic heterocycles. The SMILES string of the molecule is NC(=O)C[N+]12CC[N+](Cc3ccc4c(c3)C(=O)c3ccc(B(O)O)cc3-4)(CC1)CC2.O=S(=O)([O-])C(F)(F)F.O=S(=O)([O-])C(F)(F)F. The molecule has 1 aliphatic carbocycles. The maximum absolute atomic E-state index is 12.9. The highest BCUT2D eigenvalue weighted by Crippen LogP contribution is 2.37. The lowest BCUT2D eigenvalue weighted by Gasteiger charge is -2.55. The van der Waals surface area contributed by atoms with Crippen LogP contribution in [0.3, 0.4) is 0 Å². The second-order valence-corrected chi connectivity index (χ2v) is 13.7. The van der Waals surface area contributed by atoms with Crippen molar-refractivity contribution in [1.82, 2.24) is 0 Å². The van der Waals surface area contributed by atoms with Crippen molar-refractivity contribution in [3.05, 3.63) is 53.1 Å². The lowest BCUT2D eigenvalue weighted by Crippen LogP contribution is -2.75. The summed E-state index contributed by atoms with van der Waals surface area (Å²) in [6, 6.07) is 11.0. The van der Waals surface area contributed by atoms with Crippen LogP contribution in [0.1, 0.15) is 21.5 Å². The summed E-state index contributed by atoms with van der Waals surface area (Å²) in [6.45, 7) is 7.33. The third kappa shape index (κ3) is 8.42. The molecular formula is C24H26BF6N3O10S2. The standard InChI is InChI=1S/C22H25BN3O4.2CHF3O3S/c24-21(27)14-26-8-5-25(6-9-26,7-10-26)13-15-1-3-17-19-12-16(23(29)30)2-4-18(19)22(28)20(17)11-15;2*2-1(3,4)8(5,6)7/h1-4,11-12,29-30H,5-10,13-14H2,(H-,24,27);2*(H,5,6,7)/q+1;;/p-1. The summed E-state index contributed by atoms with van der Waals surface area (Å²) in [4.78, 5) is 24.4. The van der Waals surface area contributed by atoms with Gasteiger partial charge in [-0.15, -0.1) is 0 Å². The van der Waals surface area contributed by atoms with Crippen molar-refractivity contribution in [1.29, 1.82) is 0 Å². The summed E-state index contributed by atoms with van der Waals surface area (Å²) in [5, 5.41) is 18.9. The van der Waals surface area contributed by atoms with Gasteiger partial charge >= 0.3 is 18.1 Å². The van der Waals surface area contributed by atoms with Crippen molar-refractivity contribution in [2.75, 3.05) is 45.8 Å². The van der Waals surface area contributed by atoms with E-state index in [-0.39, 0.29) is 11.7 Å². The van der Waals surface area contributed by atoms with E-state index >= 15 is 0 Å². The van der Waals surface area contributed by atoms with Crippen molar-refractivity contribution in [3.63, 3.8) is 0 Å². The molecule has 2 aromatic rings. The quantitative estimate of drug-likeness (QED) is 0.100. The van der Waals surface area contributed by atoms with Gasteiger partial charge in [-0.25, -0.2) is 16.8 Å². The normalized spacial score (nSPS) is 22.1. The Morgan fingerprint density at radius 2 is 1.20 bits per heavy atom. The van der Waals surface area contributed by atoms with Crippen LogP contribution in [-0.2, 0) is 31.6 Å². The number of hydrogen-bond acceptors (Lipinski definition) is 10. The number of piperazine rings is 3. The first-order chi connectivity index (χ1) is 20.8. The van der Waals surface area contributed by atoms with E-state index in [1.807, 2.05) is 12.1 Å². The average Bonchev–Trinajstić information content (AvgIpc) is 3.18. The fourth-order valence-corrected chi connectivity index (χ4v) is 5.54. The van der Waals surface area contributed by atoms with E-state index in [0.717, 1.165) is 71.5 Å². The lowest BCUT2D eigenvalue weighted by molar-refractivity contribution is -1.08. The monoisotopic (exact) mass is 705 g/mol. The first kappa shape index (κ1) is 37.3. The average molecular weight is 705 g/mol. The number of benzene rings is 2. The van der Waals surface area contributed by atoms with Gasteiger partial charge in [0.05, 0.1) is 0 Å². The second-order valence-electron chi connectivity index (χ2n) is 11.0. The minimum absolute atomic E-state index is 0.00439. The van der Waals surface area contributed by atoms with Crippen molar-refractivity contribution in [3.8, 4) is 11.1 Å². The third-order valence-electron chi connectivity index (χ3n) is 7.93. The van der Waals surface area contributed by atoms with E-state index in [9.17, 15) is 46.0 Å². The fraction of sp³-hybridized carbons (Fsp3) is 0.417. The second kappa shape index (κ2) is 12.8. The van der Waals surface area contributed by atoms with E-state index in [4.69, 9.17) is 31.7 Å². The van der Waals surface area contributed by atoms with Gasteiger partial charge in [0.1, 0.15) is 45.8 Å². The number of alkyl halides is 6. The van der Waals surface area contributed by atoms with E-state index in [1.165, 1.54) is 0 Å². The highest BCUT2D eigenvalue weighted by molar-refractivity contribution is 7.86. The summed E-state index contributed by atoms with van der Waals surface area (Å²) in [5.74, 6) is -0.222. The molecule has 4 N–H and O–H groups in total. The molecule has 13 nitrogen and oxygen atoms in total. The number of amides is 1. The Morgan fingerprint density at radius 1 is 0.761 bits per heavy atom. The van der Waals surface area contributed by atoms with Crippen molar-refractivity contribution in [2.24, 2.45) is 5.73 Å². The molecule has 22 heteroatoms. The summed E-state index contributed by atoms with van der Waals surface area (Å²) in [6.07, 6.45) is 0. The minimum Gasteiger partial charge on any atom is -0.741 e. The minimum atomic E-state index is -6.09. The van der Waals surface area contributed by atoms with Gasteiger partial charge in [-0.3, -0.25) is 9.59 Å². The molecule has 46 heavy (non-hydrogen) atoms. The van der Waals surface area contributed by atoms with E-state index < -0.39 is 38.4 Å². The number of carbonyl (C=O) groups excluding carboxylic acids is 2. The van der Waals surface area contributed by atoms with Crippen molar-refractivity contribution < 1.29 is 80.9 Å². The summed E-state index contributed by atoms with van der Waals surface area (Å²) in [7, 11) is -13.7. The molecule has 3 aliphatic heterocycles. The summed E-state index contributed by atoms with van der Waals surface area (Å²) >= 11 is 0. The van der Waals surface area contributed by atoms with Crippen LogP contribution >= 0.6 is 0 Å². The molecule has 3 heterocycles. The Balaban J connectivity index is 0.000000299. The largest absolute Gasteiger partial charge is 0.741 e. The lowest BCUT2D eigenvalue weighted by atomic mass is 9.79. The number of ketones is 1. The van der Waals surface area contributed by atoms with Crippen LogP contribution in [0.4, 0.5) is 26.3 Å². The molecule has 6 rings (SSSR count). The predicted molar refractivity (Wildman–Crippen MR) is 144 cm³/mol. The number of nitrogens with zero attached hydrogens (tertiary/aromatic N) is 2. The maximum atomic E-state index is 12.9. The van der Waals surface area contributed by atoms with E-state index in [1.54, 1.807) is 18.2 Å². The summed E-state index contributed by atoms with van der Waals surface area (Å²) in [5.41, 5.74) is -1.36. The Hall–Kier alpha value is -3.12. The molecule has 1 amide bonds. The zero-order chi connectivity index (χ0) is 35.1. The van der Waals surface area contributed by atoms with Crippen molar-refractivity contribution >= 4 is 44.5 Å². The van der Waals surface area contributed by atoms with Gasteiger partial charge in [0, 0.05) is 16.7 Å². The molecular weight excluding hydrogens is 679 g/mol. The van der Waals surface area contributed by atoms with Crippen molar-refractivity contribution in [2.45, 2.75) is 17.6 Å². The molecule has 2 bridgehead atoms. The smallest absolute Gasteiger partial charge is 0.488 e. The van der Waals surface area contributed by atoms with Gasteiger partial charge in [0.25, 0.3) is 5.91 Å². The molecule has 0 spiro atoms. The van der Waals surface area contributed by atoms with E-state index in [2.05, 4.69) is 6.07 Å². The molecule has 254 valence electrons. The number of fused-ring (bicyclic) bond motifs is 6. The highest BCUT2D eigenvalue weighted by Gasteiger charge is 2.49. The molecule has 2 aromatic carbocycles. The van der Waals surface area contributed by atoms with Crippen LogP contribution in [0.2, 0.25) is 0 Å². The first-order valence-corrected chi connectivity index (χ1v) is 15.8. The molecule has 0 saturated carbocycles. The fourth-order valence-electron chi connectivity index (χ4n) is 5.54. The van der Waals surface area contributed by atoms with Crippen LogP contribution in [0.5, 0.6) is 0 Å². The van der Waals surface area contributed by atoms with Gasteiger partial charge in [0.2, 0.25) is 0 Å². The topological polar surface area (TPSA) is 215 Å². The number of nitrogens with two attached hydrogens (primary N) is 1.